The van der Waals surface area contributed by atoms with Gasteiger partial charge in [-0.3, -0.25) is 19.7 Å². The number of ether oxygens (including phenoxy) is 2. The minimum absolute atomic E-state index is 0.0250. The number of hydrazone groups is 1. The zero-order chi connectivity index (χ0) is 24.3. The Labute approximate surface area is 195 Å². The van der Waals surface area contributed by atoms with Crippen LogP contribution in [0.3, 0.4) is 0 Å². The lowest BCUT2D eigenvalue weighted by atomic mass is 10.2. The summed E-state index contributed by atoms with van der Waals surface area (Å²) in [7, 11) is 1.52. The number of anilines is 1. The fraction of sp³-hybridized carbons (Fsp3) is 0.125. The normalized spacial score (nSPS) is 10.5. The average molecular weight is 462 g/mol. The molecule has 10 nitrogen and oxygen atoms in total. The Hall–Kier alpha value is -4.73. The van der Waals surface area contributed by atoms with Crippen molar-refractivity contribution >= 4 is 29.4 Å². The molecule has 0 saturated carbocycles. The van der Waals surface area contributed by atoms with Crippen LogP contribution in [0.15, 0.2) is 77.9 Å². The smallest absolute Gasteiger partial charge is 0.269 e. The first-order valence-corrected chi connectivity index (χ1v) is 10.1. The topological polar surface area (TPSA) is 132 Å². The Balaban J connectivity index is 1.42. The van der Waals surface area contributed by atoms with Crippen LogP contribution in [0.25, 0.3) is 0 Å². The summed E-state index contributed by atoms with van der Waals surface area (Å²) in [5, 5.41) is 17.2. The first-order valence-electron chi connectivity index (χ1n) is 10.1. The number of hydrogen-bond donors (Lipinski definition) is 2. The summed E-state index contributed by atoms with van der Waals surface area (Å²) < 4.78 is 10.7. The molecule has 3 aromatic carbocycles. The van der Waals surface area contributed by atoms with E-state index >= 15 is 0 Å². The third-order valence-electron chi connectivity index (χ3n) is 4.51. The molecule has 0 saturated heterocycles. The van der Waals surface area contributed by atoms with Crippen molar-refractivity contribution in [2.24, 2.45) is 5.10 Å². The number of rotatable bonds is 10. The number of carbonyl (C=O) groups excluding carboxylic acids is 2. The van der Waals surface area contributed by atoms with Crippen molar-refractivity contribution in [1.29, 1.82) is 0 Å². The summed E-state index contributed by atoms with van der Waals surface area (Å²) in [4.78, 5) is 34.2. The van der Waals surface area contributed by atoms with E-state index in [9.17, 15) is 19.7 Å². The number of benzene rings is 3. The molecule has 0 spiro atoms. The Morgan fingerprint density at radius 3 is 2.41 bits per heavy atom. The molecule has 3 aromatic rings. The van der Waals surface area contributed by atoms with Crippen molar-refractivity contribution in [2.45, 2.75) is 13.0 Å². The van der Waals surface area contributed by atoms with E-state index in [2.05, 4.69) is 15.8 Å². The third-order valence-corrected chi connectivity index (χ3v) is 4.51. The van der Waals surface area contributed by atoms with Crippen molar-refractivity contribution in [2.75, 3.05) is 12.4 Å². The van der Waals surface area contributed by atoms with Crippen LogP contribution in [0, 0.1) is 10.1 Å². The quantitative estimate of drug-likeness (QED) is 0.205. The number of nitro groups is 1. The maximum atomic E-state index is 12.0. The molecule has 2 N–H and O–H groups in total. The van der Waals surface area contributed by atoms with Gasteiger partial charge >= 0.3 is 0 Å². The predicted molar refractivity (Wildman–Crippen MR) is 126 cm³/mol. The van der Waals surface area contributed by atoms with Crippen LogP contribution in [-0.4, -0.2) is 30.1 Å². The number of non-ortho nitro benzene ring substituents is 1. The monoisotopic (exact) mass is 462 g/mol. The van der Waals surface area contributed by atoms with Gasteiger partial charge in [0.1, 0.15) is 24.5 Å². The van der Waals surface area contributed by atoms with Crippen LogP contribution in [0.1, 0.15) is 17.5 Å². The zero-order valence-corrected chi connectivity index (χ0v) is 18.3. The first kappa shape index (κ1) is 23.9. The lowest BCUT2D eigenvalue weighted by Gasteiger charge is -2.07. The van der Waals surface area contributed by atoms with Gasteiger partial charge in [-0.15, -0.1) is 0 Å². The van der Waals surface area contributed by atoms with Crippen LogP contribution < -0.4 is 20.2 Å². The minimum Gasteiger partial charge on any atom is -0.497 e. The number of nitrogens with one attached hydrogen (secondary N) is 2. The second-order valence-corrected chi connectivity index (χ2v) is 7.03. The molecule has 2 amide bonds. The fourth-order valence-corrected chi connectivity index (χ4v) is 2.80. The van der Waals surface area contributed by atoms with E-state index in [0.717, 1.165) is 5.56 Å². The van der Waals surface area contributed by atoms with Gasteiger partial charge in [-0.2, -0.15) is 5.10 Å². The number of methoxy groups -OCH3 is 1. The van der Waals surface area contributed by atoms with E-state index < -0.39 is 16.7 Å². The van der Waals surface area contributed by atoms with Gasteiger partial charge < -0.3 is 14.8 Å². The SMILES string of the molecule is COc1cccc(NC(=O)CC(=O)NN=Cc2ccc(OCc3ccc([N+](=O)[O-])cc3)cc2)c1. The van der Waals surface area contributed by atoms with E-state index in [1.54, 1.807) is 60.7 Å². The molecule has 0 bridgehead atoms. The van der Waals surface area contributed by atoms with Gasteiger partial charge in [-0.05, 0) is 59.7 Å². The van der Waals surface area contributed by atoms with Crippen LogP contribution in [0.2, 0.25) is 0 Å². The van der Waals surface area contributed by atoms with Gasteiger partial charge in [-0.1, -0.05) is 6.07 Å². The standard InChI is InChI=1S/C24H22N4O6/c1-33-22-4-2-3-19(13-22)26-23(29)14-24(30)27-25-15-17-7-11-21(12-8-17)34-16-18-5-9-20(10-6-18)28(31)32/h2-13,15H,14,16H2,1H3,(H,26,29)(H,27,30). The zero-order valence-electron chi connectivity index (χ0n) is 18.3. The molecule has 174 valence electrons. The van der Waals surface area contributed by atoms with E-state index in [-0.39, 0.29) is 18.7 Å². The van der Waals surface area contributed by atoms with Crippen molar-refractivity contribution in [3.05, 3.63) is 94.0 Å². The fourth-order valence-electron chi connectivity index (χ4n) is 2.80. The average Bonchev–Trinajstić information content (AvgIpc) is 2.83. The molecule has 0 atom stereocenters. The minimum atomic E-state index is -0.556. The van der Waals surface area contributed by atoms with Gasteiger partial charge in [0.15, 0.2) is 0 Å². The van der Waals surface area contributed by atoms with Crippen LogP contribution in [0.5, 0.6) is 11.5 Å². The van der Waals surface area contributed by atoms with Crippen molar-refractivity contribution < 1.29 is 24.0 Å². The number of nitrogens with zero attached hydrogens (tertiary/aromatic N) is 2. The summed E-state index contributed by atoms with van der Waals surface area (Å²) in [6.07, 6.45) is 1.06. The molecule has 0 aromatic heterocycles. The van der Waals surface area contributed by atoms with E-state index in [0.29, 0.717) is 22.7 Å². The molecule has 0 aliphatic carbocycles. The summed E-state index contributed by atoms with van der Waals surface area (Å²) in [6.45, 7) is 0.263. The lowest BCUT2D eigenvalue weighted by molar-refractivity contribution is -0.384. The van der Waals surface area contributed by atoms with E-state index in [1.165, 1.54) is 25.5 Å². The lowest BCUT2D eigenvalue weighted by Crippen LogP contribution is -2.24. The molecule has 0 fully saturated rings. The van der Waals surface area contributed by atoms with Crippen LogP contribution in [-0.2, 0) is 16.2 Å². The van der Waals surface area contributed by atoms with E-state index in [4.69, 9.17) is 9.47 Å². The highest BCUT2D eigenvalue weighted by Gasteiger charge is 2.09. The summed E-state index contributed by atoms with van der Waals surface area (Å²) in [5.41, 5.74) is 4.37. The largest absolute Gasteiger partial charge is 0.497 e. The number of amides is 2. The molecule has 3 rings (SSSR count). The second kappa shape index (κ2) is 11.8. The number of nitro benzene ring substituents is 1. The van der Waals surface area contributed by atoms with Gasteiger partial charge in [0.05, 0.1) is 18.2 Å². The highest BCUT2D eigenvalue weighted by atomic mass is 16.6. The molecule has 10 heteroatoms. The van der Waals surface area contributed by atoms with Crippen LogP contribution >= 0.6 is 0 Å². The van der Waals surface area contributed by atoms with Crippen molar-refractivity contribution in [3.63, 3.8) is 0 Å². The van der Waals surface area contributed by atoms with E-state index in [1.807, 2.05) is 0 Å². The second-order valence-electron chi connectivity index (χ2n) is 7.03. The first-order chi connectivity index (χ1) is 16.4. The van der Waals surface area contributed by atoms with Crippen molar-refractivity contribution in [1.82, 2.24) is 5.43 Å². The highest BCUT2D eigenvalue weighted by Crippen LogP contribution is 2.17. The van der Waals surface area contributed by atoms with Gasteiger partial charge in [0.25, 0.3) is 5.69 Å². The molecule has 0 heterocycles. The van der Waals surface area contributed by atoms with Crippen molar-refractivity contribution in [3.8, 4) is 11.5 Å². The molecular formula is C24H22N4O6. The van der Waals surface area contributed by atoms with Gasteiger partial charge in [-0.25, -0.2) is 5.43 Å². The van der Waals surface area contributed by atoms with Crippen LogP contribution in [0.4, 0.5) is 11.4 Å². The van der Waals surface area contributed by atoms with Gasteiger partial charge in [0, 0.05) is 23.9 Å². The number of carbonyl (C=O) groups is 2. The summed E-state index contributed by atoms with van der Waals surface area (Å²) in [5.74, 6) is 0.165. The Morgan fingerprint density at radius 1 is 1.00 bits per heavy atom. The number of hydrogen-bond acceptors (Lipinski definition) is 7. The molecule has 0 aliphatic rings. The molecule has 0 aliphatic heterocycles. The predicted octanol–water partition coefficient (Wildman–Crippen LogP) is 3.66. The molecule has 34 heavy (non-hydrogen) atoms. The maximum Gasteiger partial charge on any atom is 0.269 e. The van der Waals surface area contributed by atoms with Gasteiger partial charge in [0.2, 0.25) is 11.8 Å². The summed E-state index contributed by atoms with van der Waals surface area (Å²) in [6, 6.07) is 19.9. The Morgan fingerprint density at radius 2 is 1.74 bits per heavy atom. The Kier molecular flexibility index (Phi) is 8.28. The Bertz CT molecular complexity index is 1180. The highest BCUT2D eigenvalue weighted by molar-refractivity contribution is 6.03. The molecular weight excluding hydrogens is 440 g/mol. The maximum absolute atomic E-state index is 12.0. The molecule has 0 unspecified atom stereocenters. The third kappa shape index (κ3) is 7.45. The summed E-state index contributed by atoms with van der Waals surface area (Å²) >= 11 is 0. The molecule has 0 radical (unpaired) electrons.